The third-order valence-electron chi connectivity index (χ3n) is 2.13. The summed E-state index contributed by atoms with van der Waals surface area (Å²) in [7, 11) is 0. The molecule has 1 aliphatic rings. The number of hydrogen-bond acceptors (Lipinski definition) is 3. The molecule has 1 rings (SSSR count). The first-order valence-electron chi connectivity index (χ1n) is 4.59. The normalized spacial score (nSPS) is 19.9. The smallest absolute Gasteiger partial charge is 0.277 e. The van der Waals surface area contributed by atoms with Gasteiger partial charge in [0.2, 0.25) is 11.8 Å². The lowest BCUT2D eigenvalue weighted by atomic mass is 10.2. The molecule has 8 heteroatoms. The zero-order valence-electron chi connectivity index (χ0n) is 8.46. The number of alkyl halides is 2. The third kappa shape index (κ3) is 4.28. The molecule has 0 aromatic rings. The van der Waals surface area contributed by atoms with Crippen LogP contribution in [0.4, 0.5) is 8.78 Å². The Hall–Kier alpha value is -0.950. The van der Waals surface area contributed by atoms with E-state index in [0.717, 1.165) is 0 Å². The molecule has 0 bridgehead atoms. The Morgan fingerprint density at radius 1 is 1.62 bits per heavy atom. The molecule has 0 aromatic carbocycles. The molecule has 2 amide bonds. The van der Waals surface area contributed by atoms with Gasteiger partial charge in [-0.15, -0.1) is 12.4 Å². The highest BCUT2D eigenvalue weighted by Gasteiger charge is 2.31. The fraction of sp³-hybridized carbons (Fsp3) is 0.750. The molecule has 1 heterocycles. The van der Waals surface area contributed by atoms with Gasteiger partial charge in [0.05, 0.1) is 13.1 Å². The van der Waals surface area contributed by atoms with E-state index in [1.165, 1.54) is 0 Å². The Labute approximate surface area is 97.5 Å². The molecule has 1 atom stereocenters. The third-order valence-corrected chi connectivity index (χ3v) is 2.13. The molecule has 0 saturated carbocycles. The zero-order valence-corrected chi connectivity index (χ0v) is 9.28. The molecule has 4 N–H and O–H groups in total. The second kappa shape index (κ2) is 5.95. The van der Waals surface area contributed by atoms with Crippen LogP contribution in [-0.2, 0) is 9.59 Å². The fourth-order valence-electron chi connectivity index (χ4n) is 1.22. The number of carbonyl (C=O) groups is 2. The molecule has 1 aliphatic heterocycles. The molecular weight excluding hydrogens is 244 g/mol. The Balaban J connectivity index is 0.00000225. The maximum absolute atomic E-state index is 12.6. The minimum Gasteiger partial charge on any atom is -0.348 e. The summed E-state index contributed by atoms with van der Waals surface area (Å²) in [5, 5.41) is 4.43. The molecule has 1 unspecified atom stereocenters. The number of rotatable bonds is 4. The van der Waals surface area contributed by atoms with Gasteiger partial charge in [0.15, 0.2) is 0 Å². The summed E-state index contributed by atoms with van der Waals surface area (Å²) in [5.41, 5.74) is 4.80. The second-order valence-corrected chi connectivity index (χ2v) is 3.44. The number of hydrogen-bond donors (Lipinski definition) is 3. The second-order valence-electron chi connectivity index (χ2n) is 3.44. The predicted molar refractivity (Wildman–Crippen MR) is 55.4 cm³/mol. The van der Waals surface area contributed by atoms with E-state index in [9.17, 15) is 18.4 Å². The standard InChI is InChI=1S/C8H13F2N3O2.ClH/c9-8(10,3-11)4-12-7(15)5-1-2-6(14)13-5;/h5H,1-4,11H2,(H,12,15)(H,13,14);1H. The summed E-state index contributed by atoms with van der Waals surface area (Å²) >= 11 is 0. The molecule has 1 saturated heterocycles. The minimum absolute atomic E-state index is 0. The molecule has 16 heavy (non-hydrogen) atoms. The van der Waals surface area contributed by atoms with Crippen molar-refractivity contribution in [2.24, 2.45) is 5.73 Å². The van der Waals surface area contributed by atoms with E-state index in [1.807, 2.05) is 0 Å². The summed E-state index contributed by atoms with van der Waals surface area (Å²) in [4.78, 5) is 22.0. The van der Waals surface area contributed by atoms with Crippen molar-refractivity contribution in [3.05, 3.63) is 0 Å². The van der Waals surface area contributed by atoms with Gasteiger partial charge in [-0.05, 0) is 6.42 Å². The highest BCUT2D eigenvalue weighted by molar-refractivity contribution is 5.90. The van der Waals surface area contributed by atoms with Gasteiger partial charge in [0.25, 0.3) is 5.92 Å². The lowest BCUT2D eigenvalue weighted by Gasteiger charge is -2.16. The van der Waals surface area contributed by atoms with Gasteiger partial charge in [-0.25, -0.2) is 8.78 Å². The van der Waals surface area contributed by atoms with Crippen molar-refractivity contribution in [3.63, 3.8) is 0 Å². The number of nitrogens with two attached hydrogens (primary N) is 1. The summed E-state index contributed by atoms with van der Waals surface area (Å²) in [5.74, 6) is -3.92. The van der Waals surface area contributed by atoms with E-state index < -0.39 is 31.0 Å². The SMILES string of the molecule is Cl.NCC(F)(F)CNC(=O)C1CCC(=O)N1. The molecule has 0 radical (unpaired) electrons. The number of carbonyl (C=O) groups excluding carboxylic acids is 2. The molecule has 5 nitrogen and oxygen atoms in total. The van der Waals surface area contributed by atoms with E-state index in [0.29, 0.717) is 6.42 Å². The van der Waals surface area contributed by atoms with E-state index >= 15 is 0 Å². The van der Waals surface area contributed by atoms with Crippen LogP contribution in [0.5, 0.6) is 0 Å². The average molecular weight is 258 g/mol. The van der Waals surface area contributed by atoms with Crippen LogP contribution in [0, 0.1) is 0 Å². The molecule has 0 spiro atoms. The maximum Gasteiger partial charge on any atom is 0.277 e. The maximum atomic E-state index is 12.6. The Morgan fingerprint density at radius 3 is 2.69 bits per heavy atom. The van der Waals surface area contributed by atoms with Crippen LogP contribution >= 0.6 is 12.4 Å². The monoisotopic (exact) mass is 257 g/mol. The molecule has 0 aliphatic carbocycles. The quantitative estimate of drug-likeness (QED) is 0.629. The van der Waals surface area contributed by atoms with Crippen LogP contribution in [0.3, 0.4) is 0 Å². The van der Waals surface area contributed by atoms with E-state index in [2.05, 4.69) is 10.6 Å². The van der Waals surface area contributed by atoms with Crippen molar-refractivity contribution >= 4 is 24.2 Å². The zero-order chi connectivity index (χ0) is 11.5. The highest BCUT2D eigenvalue weighted by atomic mass is 35.5. The van der Waals surface area contributed by atoms with Crippen LogP contribution in [0.1, 0.15) is 12.8 Å². The van der Waals surface area contributed by atoms with Gasteiger partial charge in [0.1, 0.15) is 6.04 Å². The number of nitrogens with one attached hydrogen (secondary N) is 2. The first-order valence-corrected chi connectivity index (χ1v) is 4.59. The van der Waals surface area contributed by atoms with Crippen molar-refractivity contribution in [2.45, 2.75) is 24.8 Å². The lowest BCUT2D eigenvalue weighted by molar-refractivity contribution is -0.127. The van der Waals surface area contributed by atoms with E-state index in [1.54, 1.807) is 0 Å². The van der Waals surface area contributed by atoms with Crippen LogP contribution in [-0.4, -0.2) is 36.9 Å². The molecule has 0 aromatic heterocycles. The Morgan fingerprint density at radius 2 is 2.25 bits per heavy atom. The van der Waals surface area contributed by atoms with Gasteiger partial charge in [-0.2, -0.15) is 0 Å². The summed E-state index contributed by atoms with van der Waals surface area (Å²) in [6, 6.07) is -0.689. The molecule has 1 fully saturated rings. The summed E-state index contributed by atoms with van der Waals surface area (Å²) in [6.07, 6.45) is 0.601. The predicted octanol–water partition coefficient (Wildman–Crippen LogP) is -0.603. The van der Waals surface area contributed by atoms with Gasteiger partial charge in [-0.3, -0.25) is 9.59 Å². The van der Waals surface area contributed by atoms with Crippen LogP contribution in [0.2, 0.25) is 0 Å². The van der Waals surface area contributed by atoms with Crippen LogP contribution in [0.25, 0.3) is 0 Å². The minimum atomic E-state index is -3.10. The van der Waals surface area contributed by atoms with Gasteiger partial charge in [-0.1, -0.05) is 0 Å². The topological polar surface area (TPSA) is 84.2 Å². The fourth-order valence-corrected chi connectivity index (χ4v) is 1.22. The van der Waals surface area contributed by atoms with E-state index in [-0.39, 0.29) is 24.7 Å². The largest absolute Gasteiger partial charge is 0.348 e. The van der Waals surface area contributed by atoms with Crippen molar-refractivity contribution < 1.29 is 18.4 Å². The van der Waals surface area contributed by atoms with Crippen molar-refractivity contribution in [1.29, 1.82) is 0 Å². The Bertz CT molecular complexity index is 276. The van der Waals surface area contributed by atoms with Crippen LogP contribution < -0.4 is 16.4 Å². The number of amides is 2. The first-order chi connectivity index (χ1) is 6.94. The number of halogens is 3. The van der Waals surface area contributed by atoms with Crippen molar-refractivity contribution in [3.8, 4) is 0 Å². The summed E-state index contributed by atoms with van der Waals surface area (Å²) in [6.45, 7) is -1.61. The molecular formula is C8H14ClF2N3O2. The summed E-state index contributed by atoms with van der Waals surface area (Å²) < 4.78 is 25.3. The first kappa shape index (κ1) is 15.0. The van der Waals surface area contributed by atoms with Gasteiger partial charge < -0.3 is 16.4 Å². The van der Waals surface area contributed by atoms with E-state index in [4.69, 9.17) is 5.73 Å². The highest BCUT2D eigenvalue weighted by Crippen LogP contribution is 2.10. The average Bonchev–Trinajstić information content (AvgIpc) is 2.61. The van der Waals surface area contributed by atoms with Crippen molar-refractivity contribution in [2.75, 3.05) is 13.1 Å². The van der Waals surface area contributed by atoms with Crippen LogP contribution in [0.15, 0.2) is 0 Å². The lowest BCUT2D eigenvalue weighted by Crippen LogP contribution is -2.47. The Kier molecular flexibility index (Phi) is 5.60. The van der Waals surface area contributed by atoms with Crippen molar-refractivity contribution in [1.82, 2.24) is 10.6 Å². The molecule has 94 valence electrons. The van der Waals surface area contributed by atoms with Gasteiger partial charge >= 0.3 is 0 Å². The van der Waals surface area contributed by atoms with Gasteiger partial charge in [0, 0.05) is 6.42 Å².